The number of aryl methyl sites for hydroxylation is 1. The molecule has 0 bridgehead atoms. The number of esters is 1. The van der Waals surface area contributed by atoms with Crippen molar-refractivity contribution in [3.05, 3.63) is 59.7 Å². The summed E-state index contributed by atoms with van der Waals surface area (Å²) in [5.41, 5.74) is 1.92. The molecule has 0 saturated heterocycles. The third kappa shape index (κ3) is 6.88. The number of nitrogens with zero attached hydrogens (tertiary/aromatic N) is 1. The summed E-state index contributed by atoms with van der Waals surface area (Å²) in [7, 11) is 0. The van der Waals surface area contributed by atoms with E-state index >= 15 is 0 Å². The van der Waals surface area contributed by atoms with Crippen molar-refractivity contribution in [3.8, 4) is 6.07 Å². The summed E-state index contributed by atoms with van der Waals surface area (Å²) in [5.74, 6) is 0.520. The van der Waals surface area contributed by atoms with Crippen LogP contribution in [0, 0.1) is 17.2 Å². The molecule has 1 fully saturated rings. The fraction of sp³-hybridized carbons (Fsp3) is 0.478. The summed E-state index contributed by atoms with van der Waals surface area (Å²) in [4.78, 5) is 12.3. The van der Waals surface area contributed by atoms with Crippen LogP contribution in [0.25, 0.3) is 0 Å². The van der Waals surface area contributed by atoms with Crippen LogP contribution >= 0.6 is 0 Å². The monoisotopic (exact) mass is 351 g/mol. The molecule has 0 atom stereocenters. The molecule has 1 aliphatic carbocycles. The second-order valence-electron chi connectivity index (χ2n) is 6.99. The normalized spacial score (nSPS) is 20.3. The lowest BCUT2D eigenvalue weighted by Crippen LogP contribution is -2.24. The quantitative estimate of drug-likeness (QED) is 0.339. The van der Waals surface area contributed by atoms with Gasteiger partial charge in [-0.15, -0.1) is 0 Å². The number of rotatable bonds is 8. The average Bonchev–Trinajstić information content (AvgIpc) is 2.66. The molecule has 3 heteroatoms. The number of hydrogen-bond acceptors (Lipinski definition) is 3. The van der Waals surface area contributed by atoms with Crippen molar-refractivity contribution in [1.29, 1.82) is 5.26 Å². The van der Waals surface area contributed by atoms with Crippen LogP contribution in [-0.4, -0.2) is 12.1 Å². The molecule has 0 unspecified atom stereocenters. The molecule has 0 radical (unpaired) electrons. The lowest BCUT2D eigenvalue weighted by Gasteiger charge is -2.28. The molecule has 0 N–H and O–H groups in total. The van der Waals surface area contributed by atoms with Gasteiger partial charge in [0.1, 0.15) is 6.10 Å². The van der Waals surface area contributed by atoms with E-state index < -0.39 is 0 Å². The molecule has 1 saturated carbocycles. The molecule has 1 aromatic carbocycles. The summed E-state index contributed by atoms with van der Waals surface area (Å²) < 4.78 is 5.70. The van der Waals surface area contributed by atoms with E-state index in [9.17, 15) is 4.79 Å². The Kier molecular flexibility index (Phi) is 8.69. The summed E-state index contributed by atoms with van der Waals surface area (Å²) in [5, 5.41) is 8.41. The average molecular weight is 351 g/mol. The summed E-state index contributed by atoms with van der Waals surface area (Å²) in [6.07, 6.45) is 15.9. The zero-order chi connectivity index (χ0) is 18.6. The van der Waals surface area contributed by atoms with Crippen molar-refractivity contribution in [2.45, 2.75) is 64.4 Å². The van der Waals surface area contributed by atoms with Crippen LogP contribution in [0.3, 0.4) is 0 Å². The molecule has 0 aliphatic heterocycles. The summed E-state index contributed by atoms with van der Waals surface area (Å²) >= 11 is 0. The van der Waals surface area contributed by atoms with Crippen LogP contribution in [0.2, 0.25) is 0 Å². The third-order valence-corrected chi connectivity index (χ3v) is 4.96. The number of ether oxygens (including phenoxy) is 1. The van der Waals surface area contributed by atoms with Gasteiger partial charge >= 0.3 is 5.97 Å². The van der Waals surface area contributed by atoms with E-state index in [4.69, 9.17) is 10.00 Å². The minimum Gasteiger partial charge on any atom is -0.459 e. The Balaban J connectivity index is 1.69. The van der Waals surface area contributed by atoms with E-state index in [2.05, 4.69) is 13.0 Å². The first-order chi connectivity index (χ1) is 12.7. The van der Waals surface area contributed by atoms with Crippen molar-refractivity contribution < 1.29 is 9.53 Å². The first kappa shape index (κ1) is 20.0. The standard InChI is InChI=1S/C23H29NO2/c1-2-8-19-10-14-21(15-11-19)23(25)26-22-16-12-20(13-17-22)9-6-4-3-5-7-18-24/h3-5,7,10-11,14-15,20,22H,2,6,8-9,12-13,16-17H2,1H3. The van der Waals surface area contributed by atoms with Gasteiger partial charge in [-0.3, -0.25) is 0 Å². The van der Waals surface area contributed by atoms with Gasteiger partial charge in [0.2, 0.25) is 0 Å². The van der Waals surface area contributed by atoms with Crippen molar-refractivity contribution in [3.63, 3.8) is 0 Å². The van der Waals surface area contributed by atoms with Gasteiger partial charge in [0.15, 0.2) is 0 Å². The Hall–Kier alpha value is -2.34. The number of carbonyl (C=O) groups is 1. The highest BCUT2D eigenvalue weighted by Crippen LogP contribution is 2.30. The van der Waals surface area contributed by atoms with Gasteiger partial charge in [-0.1, -0.05) is 43.7 Å². The molecule has 0 spiro atoms. The smallest absolute Gasteiger partial charge is 0.338 e. The van der Waals surface area contributed by atoms with Crippen LogP contribution < -0.4 is 0 Å². The SMILES string of the molecule is CCCc1ccc(C(=O)OC2CCC(CCC=CC=CC#N)CC2)cc1. The van der Waals surface area contributed by atoms with Crippen LogP contribution in [-0.2, 0) is 11.2 Å². The molecule has 26 heavy (non-hydrogen) atoms. The molecule has 0 heterocycles. The second kappa shape index (κ2) is 11.3. The Morgan fingerprint density at radius 3 is 2.58 bits per heavy atom. The van der Waals surface area contributed by atoms with Crippen molar-refractivity contribution in [2.24, 2.45) is 5.92 Å². The van der Waals surface area contributed by atoms with Gasteiger partial charge in [0, 0.05) is 6.08 Å². The van der Waals surface area contributed by atoms with Gasteiger partial charge in [-0.2, -0.15) is 5.26 Å². The van der Waals surface area contributed by atoms with E-state index in [1.165, 1.54) is 11.6 Å². The highest BCUT2D eigenvalue weighted by molar-refractivity contribution is 5.89. The van der Waals surface area contributed by atoms with E-state index in [-0.39, 0.29) is 12.1 Å². The predicted molar refractivity (Wildman–Crippen MR) is 105 cm³/mol. The Bertz CT molecular complexity index is 644. The fourth-order valence-corrected chi connectivity index (χ4v) is 3.46. The zero-order valence-electron chi connectivity index (χ0n) is 15.7. The molecule has 1 aromatic rings. The highest BCUT2D eigenvalue weighted by atomic mass is 16.5. The first-order valence-corrected chi connectivity index (χ1v) is 9.74. The molecule has 1 aliphatic rings. The maximum absolute atomic E-state index is 12.3. The Morgan fingerprint density at radius 2 is 1.92 bits per heavy atom. The van der Waals surface area contributed by atoms with Gasteiger partial charge in [-0.25, -0.2) is 4.79 Å². The van der Waals surface area contributed by atoms with E-state index in [0.717, 1.165) is 51.4 Å². The number of hydrogen-bond donors (Lipinski definition) is 0. The van der Waals surface area contributed by atoms with Crippen molar-refractivity contribution in [2.75, 3.05) is 0 Å². The minimum atomic E-state index is -0.191. The van der Waals surface area contributed by atoms with Crippen LogP contribution in [0.4, 0.5) is 0 Å². The molecular weight excluding hydrogens is 322 g/mol. The van der Waals surface area contributed by atoms with E-state index in [1.54, 1.807) is 6.08 Å². The van der Waals surface area contributed by atoms with Gasteiger partial charge in [0.05, 0.1) is 11.6 Å². The lowest BCUT2D eigenvalue weighted by molar-refractivity contribution is 0.0162. The topological polar surface area (TPSA) is 50.1 Å². The minimum absolute atomic E-state index is 0.0585. The third-order valence-electron chi connectivity index (χ3n) is 4.96. The summed E-state index contributed by atoms with van der Waals surface area (Å²) in [6, 6.07) is 9.79. The van der Waals surface area contributed by atoms with Crippen LogP contribution in [0.15, 0.2) is 48.6 Å². The molecule has 2 rings (SSSR count). The number of allylic oxidation sites excluding steroid dienone is 4. The molecular formula is C23H29NO2. The van der Waals surface area contributed by atoms with Crippen LogP contribution in [0.5, 0.6) is 0 Å². The molecule has 3 nitrogen and oxygen atoms in total. The van der Waals surface area contributed by atoms with Crippen molar-refractivity contribution >= 4 is 5.97 Å². The van der Waals surface area contributed by atoms with E-state index in [0.29, 0.717) is 11.5 Å². The highest BCUT2D eigenvalue weighted by Gasteiger charge is 2.23. The largest absolute Gasteiger partial charge is 0.459 e. The fourth-order valence-electron chi connectivity index (χ4n) is 3.46. The zero-order valence-corrected chi connectivity index (χ0v) is 15.7. The Morgan fingerprint density at radius 1 is 1.19 bits per heavy atom. The van der Waals surface area contributed by atoms with Gasteiger partial charge in [0.25, 0.3) is 0 Å². The molecule has 138 valence electrons. The maximum atomic E-state index is 12.3. The van der Waals surface area contributed by atoms with Crippen LogP contribution in [0.1, 0.15) is 67.8 Å². The number of benzene rings is 1. The first-order valence-electron chi connectivity index (χ1n) is 9.74. The van der Waals surface area contributed by atoms with Gasteiger partial charge in [-0.05, 0) is 68.6 Å². The molecule has 0 amide bonds. The number of carbonyl (C=O) groups excluding carboxylic acids is 1. The number of nitriles is 1. The maximum Gasteiger partial charge on any atom is 0.338 e. The van der Waals surface area contributed by atoms with Crippen molar-refractivity contribution in [1.82, 2.24) is 0 Å². The molecule has 0 aromatic heterocycles. The lowest BCUT2D eigenvalue weighted by atomic mass is 9.84. The predicted octanol–water partition coefficient (Wildman–Crippen LogP) is 5.77. The van der Waals surface area contributed by atoms with Gasteiger partial charge < -0.3 is 4.74 Å². The summed E-state index contributed by atoms with van der Waals surface area (Å²) in [6.45, 7) is 2.15. The Labute approximate surface area is 157 Å². The second-order valence-corrected chi connectivity index (χ2v) is 6.99. The van der Waals surface area contributed by atoms with E-state index in [1.807, 2.05) is 36.4 Å².